The molecule has 128 valence electrons. The third kappa shape index (κ3) is 3.84. The number of aromatic nitrogens is 1. The van der Waals surface area contributed by atoms with Crippen molar-refractivity contribution in [3.8, 4) is 0 Å². The summed E-state index contributed by atoms with van der Waals surface area (Å²) < 4.78 is 31.5. The lowest BCUT2D eigenvalue weighted by molar-refractivity contribution is 0.0525. The van der Waals surface area contributed by atoms with Crippen LogP contribution in [0.5, 0.6) is 0 Å². The van der Waals surface area contributed by atoms with Gasteiger partial charge in [-0.05, 0) is 38.5 Å². The van der Waals surface area contributed by atoms with Crippen molar-refractivity contribution < 1.29 is 23.1 Å². The number of ether oxygens (including phenoxy) is 1. The molecule has 24 heavy (non-hydrogen) atoms. The molecule has 2 rings (SSSR count). The van der Waals surface area contributed by atoms with Crippen molar-refractivity contribution in [1.29, 1.82) is 0 Å². The molecule has 0 fully saturated rings. The number of Topliss-reactive ketones (excluding diaryl/α,β-unsaturated/α-hetero) is 1. The smallest absolute Gasteiger partial charge is 0.340 e. The third-order valence-corrected chi connectivity index (χ3v) is 4.50. The van der Waals surface area contributed by atoms with Crippen molar-refractivity contribution in [1.82, 2.24) is 4.98 Å². The van der Waals surface area contributed by atoms with E-state index in [9.17, 15) is 18.4 Å². The Bertz CT molecular complexity index is 786. The predicted octanol–water partition coefficient (Wildman–Crippen LogP) is 4.06. The average molecular weight is 353 g/mol. The number of aryl methyl sites for hydroxylation is 1. The van der Waals surface area contributed by atoms with Crippen molar-refractivity contribution >= 4 is 23.5 Å². The summed E-state index contributed by atoms with van der Waals surface area (Å²) in [5, 5.41) is 0. The number of carbonyl (C=O) groups excluding carboxylic acids is 2. The number of hydrogen-bond acceptors (Lipinski definition) is 4. The van der Waals surface area contributed by atoms with Crippen molar-refractivity contribution in [2.45, 2.75) is 25.7 Å². The third-order valence-electron chi connectivity index (χ3n) is 3.45. The zero-order chi connectivity index (χ0) is 17.9. The molecule has 0 bridgehead atoms. The summed E-state index contributed by atoms with van der Waals surface area (Å²) in [7, 11) is 0. The van der Waals surface area contributed by atoms with Crippen LogP contribution in [0.25, 0.3) is 0 Å². The Labute approximate surface area is 142 Å². The summed E-state index contributed by atoms with van der Waals surface area (Å²) in [5.74, 6) is -2.18. The molecule has 0 aliphatic heterocycles. The van der Waals surface area contributed by atoms with Gasteiger partial charge in [0.05, 0.1) is 23.6 Å². The van der Waals surface area contributed by atoms with Crippen molar-refractivity contribution in [3.63, 3.8) is 0 Å². The first-order valence-corrected chi connectivity index (χ1v) is 8.31. The molecule has 7 heteroatoms. The van der Waals surface area contributed by atoms with Gasteiger partial charge in [0.15, 0.2) is 5.78 Å². The normalized spacial score (nSPS) is 10.7. The summed E-state index contributed by atoms with van der Waals surface area (Å²) in [6, 6.07) is 3.20. The minimum atomic E-state index is -0.709. The van der Waals surface area contributed by atoms with Crippen molar-refractivity contribution in [2.24, 2.45) is 0 Å². The maximum atomic E-state index is 13.6. The van der Waals surface area contributed by atoms with Gasteiger partial charge in [0.25, 0.3) is 0 Å². The number of rotatable bonds is 6. The summed E-state index contributed by atoms with van der Waals surface area (Å²) in [6.07, 6.45) is 0. The first-order valence-electron chi connectivity index (χ1n) is 7.32. The molecule has 1 aromatic carbocycles. The number of esters is 1. The highest BCUT2D eigenvalue weighted by Crippen LogP contribution is 2.25. The fourth-order valence-electron chi connectivity index (χ4n) is 2.35. The molecule has 4 nitrogen and oxygen atoms in total. The van der Waals surface area contributed by atoms with E-state index in [0.717, 1.165) is 23.9 Å². The van der Waals surface area contributed by atoms with E-state index in [0.29, 0.717) is 22.5 Å². The van der Waals surface area contributed by atoms with Crippen LogP contribution in [0.4, 0.5) is 8.78 Å². The Balaban J connectivity index is 2.15. The second-order valence-corrected chi connectivity index (χ2v) is 6.15. The SMILES string of the molecule is CCOC(=O)c1c(C)[nH]c(C(=O)CSc2ccc(F)cc2F)c1C. The largest absolute Gasteiger partial charge is 0.462 e. The summed E-state index contributed by atoms with van der Waals surface area (Å²) >= 11 is 0.974. The zero-order valence-electron chi connectivity index (χ0n) is 13.5. The quantitative estimate of drug-likeness (QED) is 0.483. The van der Waals surface area contributed by atoms with Crippen LogP contribution in [0, 0.1) is 25.5 Å². The highest BCUT2D eigenvalue weighted by Gasteiger charge is 2.23. The lowest BCUT2D eigenvalue weighted by Gasteiger charge is -2.04. The molecule has 0 aliphatic rings. The molecule has 0 radical (unpaired) electrons. The van der Waals surface area contributed by atoms with Gasteiger partial charge in [-0.25, -0.2) is 13.6 Å². The molecule has 0 unspecified atom stereocenters. The standard InChI is InChI=1S/C17H17F2NO3S/c1-4-23-17(22)15-9(2)16(20-10(15)3)13(21)8-24-14-6-5-11(18)7-12(14)19/h5-7,20H,4,8H2,1-3H3. The molecule has 0 atom stereocenters. The van der Waals surface area contributed by atoms with E-state index >= 15 is 0 Å². The van der Waals surface area contributed by atoms with Crippen molar-refractivity contribution in [2.75, 3.05) is 12.4 Å². The molecule has 1 heterocycles. The molecule has 0 saturated carbocycles. The second kappa shape index (κ2) is 7.61. The topological polar surface area (TPSA) is 59.2 Å². The molecule has 1 aromatic heterocycles. The number of nitrogens with one attached hydrogen (secondary N) is 1. The number of ketones is 1. The molecule has 0 amide bonds. The molecule has 0 saturated heterocycles. The van der Waals surface area contributed by atoms with Crippen LogP contribution in [0.3, 0.4) is 0 Å². The van der Waals surface area contributed by atoms with Gasteiger partial charge in [-0.15, -0.1) is 11.8 Å². The Morgan fingerprint density at radius 2 is 1.96 bits per heavy atom. The Morgan fingerprint density at radius 3 is 2.58 bits per heavy atom. The molecule has 0 aliphatic carbocycles. The summed E-state index contributed by atoms with van der Waals surface area (Å²) in [4.78, 5) is 27.4. The number of aromatic amines is 1. The zero-order valence-corrected chi connectivity index (χ0v) is 14.4. The summed E-state index contributed by atoms with van der Waals surface area (Å²) in [5.41, 5.74) is 1.70. The van der Waals surface area contributed by atoms with Crippen LogP contribution in [0.15, 0.2) is 23.1 Å². The van der Waals surface area contributed by atoms with E-state index in [1.54, 1.807) is 20.8 Å². The first kappa shape index (κ1) is 18.2. The Morgan fingerprint density at radius 1 is 1.25 bits per heavy atom. The summed E-state index contributed by atoms with van der Waals surface area (Å²) in [6.45, 7) is 5.29. The monoisotopic (exact) mass is 353 g/mol. The van der Waals surface area contributed by atoms with Gasteiger partial charge in [0, 0.05) is 16.7 Å². The number of carbonyl (C=O) groups is 2. The van der Waals surface area contributed by atoms with Gasteiger partial charge in [0.2, 0.25) is 0 Å². The van der Waals surface area contributed by atoms with Crippen LogP contribution in [-0.4, -0.2) is 29.1 Å². The van der Waals surface area contributed by atoms with E-state index in [-0.39, 0.29) is 23.0 Å². The molecule has 1 N–H and O–H groups in total. The number of H-pyrrole nitrogens is 1. The van der Waals surface area contributed by atoms with Gasteiger partial charge in [0.1, 0.15) is 11.6 Å². The predicted molar refractivity (Wildman–Crippen MR) is 87.6 cm³/mol. The maximum Gasteiger partial charge on any atom is 0.340 e. The minimum absolute atomic E-state index is 0.0361. The number of benzene rings is 1. The fraction of sp³-hybridized carbons (Fsp3) is 0.294. The first-order chi connectivity index (χ1) is 11.3. The highest BCUT2D eigenvalue weighted by atomic mass is 32.2. The van der Waals surface area contributed by atoms with Gasteiger partial charge in [-0.2, -0.15) is 0 Å². The van der Waals surface area contributed by atoms with Gasteiger partial charge < -0.3 is 9.72 Å². The molecular weight excluding hydrogens is 336 g/mol. The second-order valence-electron chi connectivity index (χ2n) is 5.13. The van der Waals surface area contributed by atoms with Crippen LogP contribution in [0.1, 0.15) is 39.0 Å². The van der Waals surface area contributed by atoms with Gasteiger partial charge in [-0.1, -0.05) is 0 Å². The van der Waals surface area contributed by atoms with E-state index < -0.39 is 17.6 Å². The molecule has 0 spiro atoms. The maximum absolute atomic E-state index is 13.6. The number of thioether (sulfide) groups is 1. The van der Waals surface area contributed by atoms with E-state index in [4.69, 9.17) is 4.74 Å². The van der Waals surface area contributed by atoms with Gasteiger partial charge in [-0.3, -0.25) is 4.79 Å². The van der Waals surface area contributed by atoms with Crippen molar-refractivity contribution in [3.05, 3.63) is 52.3 Å². The minimum Gasteiger partial charge on any atom is -0.462 e. The van der Waals surface area contributed by atoms with E-state index in [1.807, 2.05) is 0 Å². The number of hydrogen-bond donors (Lipinski definition) is 1. The Hall–Kier alpha value is -2.15. The van der Waals surface area contributed by atoms with Crippen LogP contribution in [-0.2, 0) is 4.74 Å². The Kier molecular flexibility index (Phi) is 5.77. The van der Waals surface area contributed by atoms with E-state index in [2.05, 4.69) is 4.98 Å². The number of halogens is 2. The molecular formula is C17H17F2NO3S. The van der Waals surface area contributed by atoms with Gasteiger partial charge >= 0.3 is 5.97 Å². The fourth-order valence-corrected chi connectivity index (χ4v) is 3.14. The highest BCUT2D eigenvalue weighted by molar-refractivity contribution is 8.00. The van der Waals surface area contributed by atoms with Crippen LogP contribution < -0.4 is 0 Å². The molecule has 2 aromatic rings. The van der Waals surface area contributed by atoms with E-state index in [1.165, 1.54) is 6.07 Å². The van der Waals surface area contributed by atoms with Crippen LogP contribution in [0.2, 0.25) is 0 Å². The average Bonchev–Trinajstić information content (AvgIpc) is 2.81. The lowest BCUT2D eigenvalue weighted by atomic mass is 10.1. The lowest BCUT2D eigenvalue weighted by Crippen LogP contribution is -2.08. The van der Waals surface area contributed by atoms with Crippen LogP contribution >= 0.6 is 11.8 Å².